The van der Waals surface area contributed by atoms with Gasteiger partial charge in [-0.05, 0) is 47.0 Å². The van der Waals surface area contributed by atoms with Crippen molar-refractivity contribution in [3.05, 3.63) is 18.0 Å². The lowest BCUT2D eigenvalue weighted by molar-refractivity contribution is 0.0908. The second-order valence-electron chi connectivity index (χ2n) is 5.12. The lowest BCUT2D eigenvalue weighted by atomic mass is 9.89. The average molecular weight is 252 g/mol. The van der Waals surface area contributed by atoms with E-state index in [0.717, 1.165) is 19.6 Å². The Bertz CT molecular complexity index is 352. The summed E-state index contributed by atoms with van der Waals surface area (Å²) >= 11 is 0. The second-order valence-corrected chi connectivity index (χ2v) is 5.12. The summed E-state index contributed by atoms with van der Waals surface area (Å²) in [6, 6.07) is 2.40. The van der Waals surface area contributed by atoms with E-state index in [0.29, 0.717) is 0 Å². The molecule has 18 heavy (non-hydrogen) atoms. The van der Waals surface area contributed by atoms with Gasteiger partial charge in [-0.15, -0.1) is 0 Å². The van der Waals surface area contributed by atoms with Crippen LogP contribution in [-0.2, 0) is 6.54 Å². The van der Waals surface area contributed by atoms with Crippen molar-refractivity contribution in [1.82, 2.24) is 20.0 Å². The molecule has 1 atom stereocenters. The van der Waals surface area contributed by atoms with Crippen LogP contribution >= 0.6 is 0 Å². The van der Waals surface area contributed by atoms with Crippen LogP contribution in [0.3, 0.4) is 0 Å². The summed E-state index contributed by atoms with van der Waals surface area (Å²) in [5.74, 6) is 0. The standard InChI is InChI=1S/C14H28N4/c1-7-17(8-2)14(4,5)13(15-6)12-10-11-16-18(12)9-3/h10-11,13,15H,7-9H2,1-6H3. The molecule has 0 bridgehead atoms. The number of hydrogen-bond acceptors (Lipinski definition) is 3. The summed E-state index contributed by atoms with van der Waals surface area (Å²) in [4.78, 5) is 2.49. The Labute approximate surface area is 111 Å². The zero-order chi connectivity index (χ0) is 13.8. The van der Waals surface area contributed by atoms with E-state index in [1.165, 1.54) is 5.69 Å². The topological polar surface area (TPSA) is 33.1 Å². The Morgan fingerprint density at radius 1 is 1.33 bits per heavy atom. The number of nitrogens with zero attached hydrogens (tertiary/aromatic N) is 3. The molecule has 1 rings (SSSR count). The molecular formula is C14H28N4. The molecule has 0 saturated heterocycles. The first-order valence-corrected chi connectivity index (χ1v) is 6.96. The minimum atomic E-state index is 0.0607. The molecule has 0 aliphatic carbocycles. The van der Waals surface area contributed by atoms with Gasteiger partial charge in [-0.25, -0.2) is 0 Å². The van der Waals surface area contributed by atoms with Crippen molar-refractivity contribution in [3.8, 4) is 0 Å². The van der Waals surface area contributed by atoms with Crippen molar-refractivity contribution < 1.29 is 0 Å². The van der Waals surface area contributed by atoms with Gasteiger partial charge in [0.05, 0.1) is 11.7 Å². The summed E-state index contributed by atoms with van der Waals surface area (Å²) < 4.78 is 2.08. The van der Waals surface area contributed by atoms with Gasteiger partial charge in [-0.3, -0.25) is 9.58 Å². The summed E-state index contributed by atoms with van der Waals surface area (Å²) in [5.41, 5.74) is 1.32. The minimum Gasteiger partial charge on any atom is -0.310 e. The molecule has 0 radical (unpaired) electrons. The van der Waals surface area contributed by atoms with Gasteiger partial charge < -0.3 is 5.32 Å². The molecule has 0 amide bonds. The van der Waals surface area contributed by atoms with Crippen LogP contribution < -0.4 is 5.32 Å². The summed E-state index contributed by atoms with van der Waals surface area (Å²) in [5, 5.41) is 7.85. The average Bonchev–Trinajstić information content (AvgIpc) is 2.79. The zero-order valence-corrected chi connectivity index (χ0v) is 12.7. The van der Waals surface area contributed by atoms with Crippen molar-refractivity contribution in [2.24, 2.45) is 0 Å². The Morgan fingerprint density at radius 3 is 2.39 bits per heavy atom. The normalized spacial score (nSPS) is 14.2. The molecule has 1 aromatic rings. The maximum absolute atomic E-state index is 4.39. The van der Waals surface area contributed by atoms with Gasteiger partial charge in [0.15, 0.2) is 0 Å². The number of aromatic nitrogens is 2. The van der Waals surface area contributed by atoms with Gasteiger partial charge in [0.2, 0.25) is 0 Å². The van der Waals surface area contributed by atoms with Crippen LogP contribution in [-0.4, -0.2) is 40.4 Å². The van der Waals surface area contributed by atoms with Crippen LogP contribution in [0, 0.1) is 0 Å². The highest BCUT2D eigenvalue weighted by atomic mass is 15.3. The quantitative estimate of drug-likeness (QED) is 0.808. The van der Waals surface area contributed by atoms with Gasteiger partial charge in [0.1, 0.15) is 0 Å². The van der Waals surface area contributed by atoms with Gasteiger partial charge in [0.25, 0.3) is 0 Å². The molecule has 1 N–H and O–H groups in total. The fourth-order valence-corrected chi connectivity index (χ4v) is 2.94. The number of aryl methyl sites for hydroxylation is 1. The Hall–Kier alpha value is -0.870. The van der Waals surface area contributed by atoms with E-state index in [1.54, 1.807) is 0 Å². The van der Waals surface area contributed by atoms with Gasteiger partial charge in [-0.1, -0.05) is 13.8 Å². The monoisotopic (exact) mass is 252 g/mol. The van der Waals surface area contributed by atoms with E-state index < -0.39 is 0 Å². The van der Waals surface area contributed by atoms with Gasteiger partial charge in [-0.2, -0.15) is 5.10 Å². The van der Waals surface area contributed by atoms with E-state index in [4.69, 9.17) is 0 Å². The molecule has 104 valence electrons. The van der Waals surface area contributed by atoms with Crippen molar-refractivity contribution in [3.63, 3.8) is 0 Å². The van der Waals surface area contributed by atoms with E-state index in [2.05, 4.69) is 60.7 Å². The predicted octanol–water partition coefficient (Wildman–Crippen LogP) is 2.28. The highest BCUT2D eigenvalue weighted by Crippen LogP contribution is 2.30. The number of hydrogen-bond donors (Lipinski definition) is 1. The van der Waals surface area contributed by atoms with Crippen LogP contribution in [0.5, 0.6) is 0 Å². The lowest BCUT2D eigenvalue weighted by Crippen LogP contribution is -2.52. The first kappa shape index (κ1) is 15.2. The SMILES string of the molecule is CCN(CC)C(C)(C)C(NC)c1ccnn1CC. The van der Waals surface area contributed by atoms with Crippen LogP contribution in [0.2, 0.25) is 0 Å². The molecule has 1 aromatic heterocycles. The largest absolute Gasteiger partial charge is 0.310 e. The molecule has 0 aromatic carbocycles. The van der Waals surface area contributed by atoms with Gasteiger partial charge >= 0.3 is 0 Å². The second kappa shape index (κ2) is 6.34. The number of nitrogens with one attached hydrogen (secondary N) is 1. The molecule has 0 saturated carbocycles. The van der Waals surface area contributed by atoms with E-state index in [-0.39, 0.29) is 11.6 Å². The van der Waals surface area contributed by atoms with Crippen molar-refractivity contribution in [2.75, 3.05) is 20.1 Å². The third-order valence-electron chi connectivity index (χ3n) is 3.92. The first-order valence-electron chi connectivity index (χ1n) is 6.96. The van der Waals surface area contributed by atoms with Crippen molar-refractivity contribution >= 4 is 0 Å². The first-order chi connectivity index (χ1) is 8.52. The Kier molecular flexibility index (Phi) is 5.35. The number of likely N-dealkylation sites (N-methyl/N-ethyl adjacent to an activating group) is 2. The molecule has 1 unspecified atom stereocenters. The lowest BCUT2D eigenvalue weighted by Gasteiger charge is -2.43. The zero-order valence-electron chi connectivity index (χ0n) is 12.7. The maximum atomic E-state index is 4.39. The van der Waals surface area contributed by atoms with Crippen molar-refractivity contribution in [2.45, 2.75) is 52.7 Å². The van der Waals surface area contributed by atoms with E-state index in [9.17, 15) is 0 Å². The summed E-state index contributed by atoms with van der Waals surface area (Å²) in [6.45, 7) is 14.2. The molecule has 0 aliphatic rings. The highest BCUT2D eigenvalue weighted by molar-refractivity contribution is 5.13. The van der Waals surface area contributed by atoms with E-state index >= 15 is 0 Å². The Balaban J connectivity index is 3.09. The maximum Gasteiger partial charge on any atom is 0.0671 e. The molecule has 0 spiro atoms. The highest BCUT2D eigenvalue weighted by Gasteiger charge is 2.35. The van der Waals surface area contributed by atoms with E-state index in [1.807, 2.05) is 13.2 Å². The summed E-state index contributed by atoms with van der Waals surface area (Å²) in [7, 11) is 2.03. The molecule has 1 heterocycles. The van der Waals surface area contributed by atoms with Crippen LogP contribution in [0.25, 0.3) is 0 Å². The molecule has 4 heteroatoms. The smallest absolute Gasteiger partial charge is 0.0671 e. The minimum absolute atomic E-state index is 0.0607. The van der Waals surface area contributed by atoms with Crippen LogP contribution in [0.1, 0.15) is 46.4 Å². The third-order valence-corrected chi connectivity index (χ3v) is 3.92. The van der Waals surface area contributed by atoms with Crippen molar-refractivity contribution in [1.29, 1.82) is 0 Å². The van der Waals surface area contributed by atoms with Crippen LogP contribution in [0.15, 0.2) is 12.3 Å². The van der Waals surface area contributed by atoms with Gasteiger partial charge in [0, 0.05) is 18.3 Å². The number of rotatable bonds is 7. The fourth-order valence-electron chi connectivity index (χ4n) is 2.94. The predicted molar refractivity (Wildman–Crippen MR) is 76.7 cm³/mol. The molecular weight excluding hydrogens is 224 g/mol. The molecule has 0 aliphatic heterocycles. The third kappa shape index (κ3) is 2.75. The summed E-state index contributed by atoms with van der Waals surface area (Å²) in [6.07, 6.45) is 1.89. The molecule has 0 fully saturated rings. The molecule has 4 nitrogen and oxygen atoms in total. The van der Waals surface area contributed by atoms with Crippen LogP contribution in [0.4, 0.5) is 0 Å². The fraction of sp³-hybridized carbons (Fsp3) is 0.786. The Morgan fingerprint density at radius 2 is 1.94 bits per heavy atom.